The minimum atomic E-state index is 0. The molecule has 22 heavy (non-hydrogen) atoms. The standard InChI is InChI=1S/C16H20N4O.ClH/c1-12-9-13(10-17)11-19(12)16(21)14-5-2-3-6-15(14)20-8-4-7-18-20;/h2-8,12-13H,9-11,17H2,1H3;1H. The van der Waals surface area contributed by atoms with Gasteiger partial charge in [0, 0.05) is 25.0 Å². The van der Waals surface area contributed by atoms with Gasteiger partial charge in [0.1, 0.15) is 0 Å². The van der Waals surface area contributed by atoms with Crippen LogP contribution >= 0.6 is 12.4 Å². The number of hydrogen-bond acceptors (Lipinski definition) is 3. The Kier molecular flexibility index (Phi) is 5.21. The third-order valence-electron chi connectivity index (χ3n) is 4.14. The predicted octanol–water partition coefficient (Wildman–Crippen LogP) is 2.10. The summed E-state index contributed by atoms with van der Waals surface area (Å²) in [6.45, 7) is 3.46. The predicted molar refractivity (Wildman–Crippen MR) is 88.5 cm³/mol. The van der Waals surface area contributed by atoms with Gasteiger partial charge in [0.2, 0.25) is 0 Å². The number of rotatable bonds is 3. The molecule has 2 atom stereocenters. The summed E-state index contributed by atoms with van der Waals surface area (Å²) in [5.41, 5.74) is 7.25. The Bertz CT molecular complexity index is 629. The van der Waals surface area contributed by atoms with Gasteiger partial charge in [-0.25, -0.2) is 4.68 Å². The topological polar surface area (TPSA) is 64.2 Å². The summed E-state index contributed by atoms with van der Waals surface area (Å²) in [7, 11) is 0. The summed E-state index contributed by atoms with van der Waals surface area (Å²) in [6, 6.07) is 9.68. The Hall–Kier alpha value is -1.85. The van der Waals surface area contributed by atoms with Crippen molar-refractivity contribution in [3.63, 3.8) is 0 Å². The van der Waals surface area contributed by atoms with E-state index in [9.17, 15) is 4.79 Å². The van der Waals surface area contributed by atoms with Crippen molar-refractivity contribution < 1.29 is 4.79 Å². The molecule has 0 saturated carbocycles. The van der Waals surface area contributed by atoms with Gasteiger partial charge in [-0.2, -0.15) is 5.10 Å². The van der Waals surface area contributed by atoms with Gasteiger partial charge in [-0.1, -0.05) is 12.1 Å². The Labute approximate surface area is 136 Å². The lowest BCUT2D eigenvalue weighted by molar-refractivity contribution is 0.0743. The normalized spacial score (nSPS) is 20.7. The monoisotopic (exact) mass is 320 g/mol. The molecule has 0 radical (unpaired) electrons. The fourth-order valence-corrected chi connectivity index (χ4v) is 3.02. The number of halogens is 1. The third-order valence-corrected chi connectivity index (χ3v) is 4.14. The van der Waals surface area contributed by atoms with Gasteiger partial charge < -0.3 is 10.6 Å². The maximum absolute atomic E-state index is 12.9. The molecule has 1 aliphatic heterocycles. The smallest absolute Gasteiger partial charge is 0.256 e. The minimum Gasteiger partial charge on any atom is -0.336 e. The Balaban J connectivity index is 0.00000176. The summed E-state index contributed by atoms with van der Waals surface area (Å²) >= 11 is 0. The molecule has 1 amide bonds. The fraction of sp³-hybridized carbons (Fsp3) is 0.375. The van der Waals surface area contributed by atoms with Crippen molar-refractivity contribution in [2.24, 2.45) is 11.7 Å². The zero-order chi connectivity index (χ0) is 14.8. The van der Waals surface area contributed by atoms with Gasteiger partial charge in [-0.15, -0.1) is 12.4 Å². The maximum Gasteiger partial charge on any atom is 0.256 e. The molecule has 6 heteroatoms. The Morgan fingerprint density at radius 2 is 2.14 bits per heavy atom. The number of nitrogens with zero attached hydrogens (tertiary/aromatic N) is 3. The molecule has 0 aliphatic carbocycles. The molecule has 0 spiro atoms. The van der Waals surface area contributed by atoms with Crippen molar-refractivity contribution in [3.05, 3.63) is 48.3 Å². The molecule has 3 rings (SSSR count). The van der Waals surface area contributed by atoms with E-state index in [1.807, 2.05) is 41.4 Å². The van der Waals surface area contributed by atoms with Crippen LogP contribution in [0.2, 0.25) is 0 Å². The summed E-state index contributed by atoms with van der Waals surface area (Å²) in [5, 5.41) is 4.23. The second-order valence-electron chi connectivity index (χ2n) is 5.61. The van der Waals surface area contributed by atoms with Crippen LogP contribution in [-0.2, 0) is 0 Å². The van der Waals surface area contributed by atoms with Crippen molar-refractivity contribution in [2.75, 3.05) is 13.1 Å². The molecule has 5 nitrogen and oxygen atoms in total. The van der Waals surface area contributed by atoms with Crippen molar-refractivity contribution >= 4 is 18.3 Å². The SMILES string of the molecule is CC1CC(CN)CN1C(=O)c1ccccc1-n1cccn1.Cl. The Morgan fingerprint density at radius 3 is 2.77 bits per heavy atom. The molecule has 1 aromatic heterocycles. The van der Waals surface area contributed by atoms with Crippen molar-refractivity contribution in [1.29, 1.82) is 0 Å². The van der Waals surface area contributed by atoms with Gasteiger partial charge in [0.15, 0.2) is 0 Å². The molecule has 118 valence electrons. The number of hydrogen-bond donors (Lipinski definition) is 1. The van der Waals surface area contributed by atoms with Crippen LogP contribution < -0.4 is 5.73 Å². The van der Waals surface area contributed by atoms with Crippen LogP contribution in [0.4, 0.5) is 0 Å². The first-order valence-electron chi connectivity index (χ1n) is 7.30. The summed E-state index contributed by atoms with van der Waals surface area (Å²) in [5.74, 6) is 0.463. The molecular weight excluding hydrogens is 300 g/mol. The molecule has 2 unspecified atom stereocenters. The quantitative estimate of drug-likeness (QED) is 0.942. The van der Waals surface area contributed by atoms with E-state index in [-0.39, 0.29) is 24.4 Å². The van der Waals surface area contributed by atoms with E-state index in [0.29, 0.717) is 18.0 Å². The van der Waals surface area contributed by atoms with Gasteiger partial charge in [0.05, 0.1) is 11.3 Å². The molecule has 1 aliphatic rings. The zero-order valence-corrected chi connectivity index (χ0v) is 13.4. The van der Waals surface area contributed by atoms with Crippen LogP contribution in [0.3, 0.4) is 0 Å². The molecule has 1 fully saturated rings. The molecule has 1 aromatic carbocycles. The van der Waals surface area contributed by atoms with Crippen molar-refractivity contribution in [1.82, 2.24) is 14.7 Å². The summed E-state index contributed by atoms with van der Waals surface area (Å²) in [4.78, 5) is 14.8. The van der Waals surface area contributed by atoms with E-state index in [1.165, 1.54) is 0 Å². The number of benzene rings is 1. The van der Waals surface area contributed by atoms with Crippen LogP contribution in [0.25, 0.3) is 5.69 Å². The fourth-order valence-electron chi connectivity index (χ4n) is 3.02. The molecule has 2 N–H and O–H groups in total. The highest BCUT2D eigenvalue weighted by molar-refractivity contribution is 5.98. The molecular formula is C16H21ClN4O. The van der Waals surface area contributed by atoms with Crippen LogP contribution in [0.5, 0.6) is 0 Å². The van der Waals surface area contributed by atoms with E-state index >= 15 is 0 Å². The second-order valence-corrected chi connectivity index (χ2v) is 5.61. The summed E-state index contributed by atoms with van der Waals surface area (Å²) < 4.78 is 1.73. The van der Waals surface area contributed by atoms with Gasteiger partial charge in [-0.3, -0.25) is 4.79 Å². The molecule has 2 heterocycles. The van der Waals surface area contributed by atoms with E-state index in [1.54, 1.807) is 10.9 Å². The lowest BCUT2D eigenvalue weighted by Crippen LogP contribution is -2.35. The van der Waals surface area contributed by atoms with E-state index in [4.69, 9.17) is 5.73 Å². The van der Waals surface area contributed by atoms with Crippen LogP contribution in [-0.4, -0.2) is 39.7 Å². The van der Waals surface area contributed by atoms with Crippen LogP contribution in [0.15, 0.2) is 42.7 Å². The number of carbonyl (C=O) groups is 1. The average Bonchev–Trinajstić information content (AvgIpc) is 3.16. The lowest BCUT2D eigenvalue weighted by Gasteiger charge is -2.23. The van der Waals surface area contributed by atoms with Gasteiger partial charge in [-0.05, 0) is 44.0 Å². The van der Waals surface area contributed by atoms with E-state index in [0.717, 1.165) is 18.7 Å². The van der Waals surface area contributed by atoms with Crippen LogP contribution in [0.1, 0.15) is 23.7 Å². The molecule has 2 aromatic rings. The highest BCUT2D eigenvalue weighted by Gasteiger charge is 2.33. The first-order chi connectivity index (χ1) is 10.2. The minimum absolute atomic E-state index is 0. The first kappa shape index (κ1) is 16.5. The maximum atomic E-state index is 12.9. The number of para-hydroxylation sites is 1. The van der Waals surface area contributed by atoms with Crippen LogP contribution in [0, 0.1) is 5.92 Å². The summed E-state index contributed by atoms with van der Waals surface area (Å²) in [6.07, 6.45) is 4.54. The number of amides is 1. The van der Waals surface area contributed by atoms with E-state index < -0.39 is 0 Å². The average molecular weight is 321 g/mol. The zero-order valence-electron chi connectivity index (χ0n) is 12.6. The lowest BCUT2D eigenvalue weighted by atomic mass is 10.1. The first-order valence-corrected chi connectivity index (χ1v) is 7.30. The highest BCUT2D eigenvalue weighted by Crippen LogP contribution is 2.26. The Morgan fingerprint density at radius 1 is 1.36 bits per heavy atom. The van der Waals surface area contributed by atoms with Gasteiger partial charge in [0.25, 0.3) is 5.91 Å². The second kappa shape index (κ2) is 6.94. The molecule has 0 bridgehead atoms. The third kappa shape index (κ3) is 3.00. The number of nitrogens with two attached hydrogens (primary N) is 1. The number of likely N-dealkylation sites (tertiary alicyclic amines) is 1. The van der Waals surface area contributed by atoms with Crippen molar-refractivity contribution in [2.45, 2.75) is 19.4 Å². The van der Waals surface area contributed by atoms with E-state index in [2.05, 4.69) is 12.0 Å². The highest BCUT2D eigenvalue weighted by atomic mass is 35.5. The van der Waals surface area contributed by atoms with Gasteiger partial charge >= 0.3 is 0 Å². The number of carbonyl (C=O) groups excluding carboxylic acids is 1. The molecule has 1 saturated heterocycles. The largest absolute Gasteiger partial charge is 0.336 e. The van der Waals surface area contributed by atoms with Crippen molar-refractivity contribution in [3.8, 4) is 5.69 Å². The number of aromatic nitrogens is 2.